The van der Waals surface area contributed by atoms with Crippen LogP contribution in [0.5, 0.6) is 17.4 Å². The number of benzene rings is 2. The molecule has 0 amide bonds. The minimum Gasteiger partial charge on any atom is -0.497 e. The van der Waals surface area contributed by atoms with Crippen molar-refractivity contribution in [3.8, 4) is 17.4 Å². The summed E-state index contributed by atoms with van der Waals surface area (Å²) in [6.45, 7) is 5.95. The van der Waals surface area contributed by atoms with Gasteiger partial charge in [-0.1, -0.05) is 19.1 Å². The lowest BCUT2D eigenvalue weighted by molar-refractivity contribution is -0.137. The summed E-state index contributed by atoms with van der Waals surface area (Å²) in [4.78, 5) is 14.2. The van der Waals surface area contributed by atoms with E-state index >= 15 is 0 Å². The van der Waals surface area contributed by atoms with Crippen LogP contribution in [0.3, 0.4) is 0 Å². The van der Waals surface area contributed by atoms with E-state index in [0.717, 1.165) is 67.2 Å². The van der Waals surface area contributed by atoms with Gasteiger partial charge in [0.05, 0.1) is 23.9 Å². The van der Waals surface area contributed by atoms with Crippen molar-refractivity contribution in [1.29, 1.82) is 0 Å². The van der Waals surface area contributed by atoms with E-state index < -0.39 is 11.7 Å². The van der Waals surface area contributed by atoms with Crippen molar-refractivity contribution >= 4 is 5.95 Å². The molecule has 0 unspecified atom stereocenters. The predicted octanol–water partition coefficient (Wildman–Crippen LogP) is 6.09. The van der Waals surface area contributed by atoms with E-state index in [1.807, 2.05) is 24.3 Å². The quantitative estimate of drug-likeness (QED) is 0.398. The number of ether oxygens (including phenoxy) is 2. The number of alkyl halides is 3. The van der Waals surface area contributed by atoms with Gasteiger partial charge in [-0.25, -0.2) is 4.98 Å². The van der Waals surface area contributed by atoms with E-state index in [1.54, 1.807) is 19.2 Å². The van der Waals surface area contributed by atoms with E-state index in [1.165, 1.54) is 0 Å². The SMILES string of the molecule is COc1ccc(Oc2nc(N3CCC(C)CC3)nc3c2CN(Cc2ccc(C(F)(F)F)cc2)CC3)cc1. The molecule has 0 N–H and O–H groups in total. The summed E-state index contributed by atoms with van der Waals surface area (Å²) < 4.78 is 50.4. The van der Waals surface area contributed by atoms with E-state index in [9.17, 15) is 13.2 Å². The normalized spacial score (nSPS) is 16.9. The maximum absolute atomic E-state index is 12.9. The Balaban J connectivity index is 1.39. The van der Waals surface area contributed by atoms with Crippen LogP contribution in [0.2, 0.25) is 0 Å². The number of nitrogens with zero attached hydrogens (tertiary/aromatic N) is 4. The standard InChI is InChI=1S/C28H31F3N4O2/c1-19-11-15-35(16-12-19)27-32-25-13-14-34(17-20-3-5-21(6-4-20)28(29,30)31)18-24(25)26(33-27)37-23-9-7-22(36-2)8-10-23/h3-10,19H,11-18H2,1-2H3. The van der Waals surface area contributed by atoms with Gasteiger partial charge in [0.2, 0.25) is 11.8 Å². The highest BCUT2D eigenvalue weighted by atomic mass is 19.4. The summed E-state index contributed by atoms with van der Waals surface area (Å²) in [6, 6.07) is 12.7. The van der Waals surface area contributed by atoms with Gasteiger partial charge in [0.25, 0.3) is 0 Å². The number of halogens is 3. The molecule has 0 atom stereocenters. The van der Waals surface area contributed by atoms with Gasteiger partial charge in [0.1, 0.15) is 11.5 Å². The summed E-state index contributed by atoms with van der Waals surface area (Å²) in [5, 5.41) is 0. The van der Waals surface area contributed by atoms with E-state index in [0.29, 0.717) is 43.0 Å². The molecule has 9 heteroatoms. The predicted molar refractivity (Wildman–Crippen MR) is 135 cm³/mol. The Bertz CT molecular complexity index is 1210. The fourth-order valence-corrected chi connectivity index (χ4v) is 4.81. The van der Waals surface area contributed by atoms with Crippen LogP contribution in [0.4, 0.5) is 19.1 Å². The van der Waals surface area contributed by atoms with Crippen LogP contribution in [0.15, 0.2) is 48.5 Å². The van der Waals surface area contributed by atoms with Crippen LogP contribution in [-0.2, 0) is 25.7 Å². The Labute approximate surface area is 215 Å². The van der Waals surface area contributed by atoms with E-state index in [4.69, 9.17) is 19.4 Å². The van der Waals surface area contributed by atoms with Crippen LogP contribution in [0.1, 0.15) is 42.1 Å². The molecule has 6 nitrogen and oxygen atoms in total. The van der Waals surface area contributed by atoms with Gasteiger partial charge in [-0.3, -0.25) is 4.90 Å². The Morgan fingerprint density at radius 3 is 2.24 bits per heavy atom. The number of hydrogen-bond donors (Lipinski definition) is 0. The van der Waals surface area contributed by atoms with Gasteiger partial charge in [0.15, 0.2) is 0 Å². The Morgan fingerprint density at radius 2 is 1.59 bits per heavy atom. The van der Waals surface area contributed by atoms with Gasteiger partial charge >= 0.3 is 6.18 Å². The second-order valence-electron chi connectivity index (χ2n) is 9.86. The average Bonchev–Trinajstić information content (AvgIpc) is 2.89. The van der Waals surface area contributed by atoms with Gasteiger partial charge in [-0.2, -0.15) is 18.2 Å². The van der Waals surface area contributed by atoms with Crippen molar-refractivity contribution in [1.82, 2.24) is 14.9 Å². The zero-order valence-electron chi connectivity index (χ0n) is 21.1. The van der Waals surface area contributed by atoms with E-state index in [2.05, 4.69) is 16.7 Å². The molecule has 2 aliphatic rings. The molecule has 0 radical (unpaired) electrons. The molecule has 2 aliphatic heterocycles. The average molecular weight is 513 g/mol. The molecular weight excluding hydrogens is 481 g/mol. The summed E-state index contributed by atoms with van der Waals surface area (Å²) in [5.41, 5.74) is 2.08. The maximum atomic E-state index is 12.9. The second kappa shape index (κ2) is 10.6. The molecule has 1 saturated heterocycles. The molecule has 0 aliphatic carbocycles. The van der Waals surface area contributed by atoms with Crippen molar-refractivity contribution in [3.05, 3.63) is 70.9 Å². The minimum absolute atomic E-state index is 0.529. The van der Waals surface area contributed by atoms with Crippen molar-refractivity contribution < 1.29 is 22.6 Å². The van der Waals surface area contributed by atoms with Crippen LogP contribution < -0.4 is 14.4 Å². The highest BCUT2D eigenvalue weighted by molar-refractivity contribution is 5.44. The monoisotopic (exact) mass is 512 g/mol. The van der Waals surface area contributed by atoms with Crippen molar-refractivity contribution in [2.24, 2.45) is 5.92 Å². The minimum atomic E-state index is -4.34. The summed E-state index contributed by atoms with van der Waals surface area (Å²) in [5.74, 6) is 3.32. The number of anilines is 1. The van der Waals surface area contributed by atoms with Gasteiger partial charge in [0, 0.05) is 39.1 Å². The van der Waals surface area contributed by atoms with Gasteiger partial charge < -0.3 is 14.4 Å². The molecule has 37 heavy (non-hydrogen) atoms. The number of aromatic nitrogens is 2. The Hall–Kier alpha value is -3.33. The zero-order chi connectivity index (χ0) is 26.0. The number of piperidine rings is 1. The summed E-state index contributed by atoms with van der Waals surface area (Å²) >= 11 is 0. The van der Waals surface area contributed by atoms with Gasteiger partial charge in [-0.05, 0) is 60.7 Å². The van der Waals surface area contributed by atoms with Crippen LogP contribution in [0.25, 0.3) is 0 Å². The lowest BCUT2D eigenvalue weighted by Gasteiger charge is -2.33. The first kappa shape index (κ1) is 25.3. The third-order valence-corrected chi connectivity index (χ3v) is 7.12. The molecule has 3 heterocycles. The lowest BCUT2D eigenvalue weighted by atomic mass is 9.99. The molecule has 0 bridgehead atoms. The fourth-order valence-electron chi connectivity index (χ4n) is 4.81. The number of hydrogen-bond acceptors (Lipinski definition) is 6. The smallest absolute Gasteiger partial charge is 0.416 e. The maximum Gasteiger partial charge on any atom is 0.416 e. The van der Waals surface area contributed by atoms with Crippen molar-refractivity contribution in [2.45, 2.75) is 45.5 Å². The first-order chi connectivity index (χ1) is 17.8. The fraction of sp³-hybridized carbons (Fsp3) is 0.429. The summed E-state index contributed by atoms with van der Waals surface area (Å²) in [7, 11) is 1.62. The first-order valence-corrected chi connectivity index (χ1v) is 12.6. The Morgan fingerprint density at radius 1 is 0.919 bits per heavy atom. The van der Waals surface area contributed by atoms with Crippen molar-refractivity contribution in [3.63, 3.8) is 0 Å². The zero-order valence-corrected chi connectivity index (χ0v) is 21.1. The van der Waals surface area contributed by atoms with E-state index in [-0.39, 0.29) is 0 Å². The highest BCUT2D eigenvalue weighted by Gasteiger charge is 2.30. The third kappa shape index (κ3) is 5.98. The number of rotatable bonds is 6. The molecule has 5 rings (SSSR count). The second-order valence-corrected chi connectivity index (χ2v) is 9.86. The highest BCUT2D eigenvalue weighted by Crippen LogP contribution is 2.34. The molecule has 196 valence electrons. The third-order valence-electron chi connectivity index (χ3n) is 7.12. The molecule has 2 aromatic carbocycles. The molecular formula is C28H31F3N4O2. The first-order valence-electron chi connectivity index (χ1n) is 12.6. The summed E-state index contributed by atoms with van der Waals surface area (Å²) in [6.07, 6.45) is -1.40. The molecule has 0 spiro atoms. The largest absolute Gasteiger partial charge is 0.497 e. The molecule has 0 saturated carbocycles. The molecule has 3 aromatic rings. The van der Waals surface area contributed by atoms with Crippen LogP contribution in [0, 0.1) is 5.92 Å². The number of methoxy groups -OCH3 is 1. The lowest BCUT2D eigenvalue weighted by Crippen LogP contribution is -2.36. The molecule has 1 fully saturated rings. The molecule has 1 aromatic heterocycles. The number of fused-ring (bicyclic) bond motifs is 1. The van der Waals surface area contributed by atoms with Gasteiger partial charge in [-0.15, -0.1) is 0 Å². The topological polar surface area (TPSA) is 50.7 Å². The Kier molecular flexibility index (Phi) is 7.24. The van der Waals surface area contributed by atoms with Crippen molar-refractivity contribution in [2.75, 3.05) is 31.6 Å². The van der Waals surface area contributed by atoms with Crippen LogP contribution >= 0.6 is 0 Å². The van der Waals surface area contributed by atoms with Crippen LogP contribution in [-0.4, -0.2) is 41.6 Å².